The van der Waals surface area contributed by atoms with Gasteiger partial charge in [0.1, 0.15) is 15.7 Å². The van der Waals surface area contributed by atoms with Crippen molar-refractivity contribution >= 4 is 51.7 Å². The predicted octanol–water partition coefficient (Wildman–Crippen LogP) is 2.61. The summed E-state index contributed by atoms with van der Waals surface area (Å²) in [5.74, 6) is 11.0. The van der Waals surface area contributed by atoms with E-state index in [-0.39, 0.29) is 22.0 Å². The molecule has 1 aromatic rings. The Morgan fingerprint density at radius 2 is 1.92 bits per heavy atom. The van der Waals surface area contributed by atoms with Crippen LogP contribution in [0.3, 0.4) is 0 Å². The van der Waals surface area contributed by atoms with E-state index in [9.17, 15) is 17.4 Å². The number of nitrogens with one attached hydrogen (secondary N) is 2. The van der Waals surface area contributed by atoms with Crippen molar-refractivity contribution in [2.45, 2.75) is 13.1 Å². The van der Waals surface area contributed by atoms with Crippen molar-refractivity contribution in [1.29, 1.82) is 5.41 Å². The molecule has 0 aliphatic carbocycles. The number of hydrazone groups is 1. The maximum atomic E-state index is 12.9. The number of nitrogens with two attached hydrogens (primary N) is 2. The molecule has 7 nitrogen and oxygen atoms in total. The van der Waals surface area contributed by atoms with Gasteiger partial charge >= 0.3 is 6.18 Å². The third-order valence-electron chi connectivity index (χ3n) is 3.50. The van der Waals surface area contributed by atoms with Gasteiger partial charge in [-0.1, -0.05) is 34.8 Å². The van der Waals surface area contributed by atoms with E-state index in [1.807, 2.05) is 0 Å². The average molecular weight is 430 g/mol. The Bertz CT molecular complexity index is 834. The van der Waals surface area contributed by atoms with E-state index in [4.69, 9.17) is 40.3 Å². The van der Waals surface area contributed by atoms with Gasteiger partial charge < -0.3 is 5.84 Å². The topological polar surface area (TPSA) is 117 Å². The highest BCUT2D eigenvalue weighted by atomic mass is 35.5. The summed E-state index contributed by atoms with van der Waals surface area (Å²) in [6, 6.07) is 1.30. The molecule has 6 N–H and O–H groups in total. The maximum absolute atomic E-state index is 12.9. The van der Waals surface area contributed by atoms with Crippen molar-refractivity contribution in [2.24, 2.45) is 16.8 Å². The van der Waals surface area contributed by atoms with Gasteiger partial charge in [-0.3, -0.25) is 4.21 Å². The fourth-order valence-corrected chi connectivity index (χ4v) is 4.10. The predicted molar refractivity (Wildman–Crippen MR) is 96.7 cm³/mol. The van der Waals surface area contributed by atoms with Gasteiger partial charge in [-0.05, 0) is 12.1 Å². The first-order valence-corrected chi connectivity index (χ1v) is 9.03. The second-order valence-corrected chi connectivity index (χ2v) is 7.62. The summed E-state index contributed by atoms with van der Waals surface area (Å²) < 4.78 is 49.9. The highest BCUT2D eigenvalue weighted by molar-refractivity contribution is 7.90. The molecular weight excluding hydrogens is 416 g/mol. The van der Waals surface area contributed by atoms with Crippen molar-refractivity contribution in [3.63, 3.8) is 0 Å². The van der Waals surface area contributed by atoms with Crippen molar-refractivity contribution in [2.75, 3.05) is 5.75 Å². The molecule has 13 heteroatoms. The van der Waals surface area contributed by atoms with Crippen LogP contribution in [-0.4, -0.2) is 22.0 Å². The summed E-state index contributed by atoms with van der Waals surface area (Å²) in [6.07, 6.45) is -3.57. The Morgan fingerprint density at radius 3 is 2.35 bits per heavy atom. The third kappa shape index (κ3) is 3.45. The molecule has 26 heavy (non-hydrogen) atoms. The molecule has 0 amide bonds. The molecule has 0 radical (unpaired) electrons. The molecule has 2 unspecified atom stereocenters. The number of quaternary nitrogens is 1. The van der Waals surface area contributed by atoms with Crippen LogP contribution >= 0.6 is 23.2 Å². The zero-order chi connectivity index (χ0) is 19.9. The van der Waals surface area contributed by atoms with Crippen molar-refractivity contribution < 1.29 is 17.4 Å². The number of halogens is 5. The summed E-state index contributed by atoms with van der Waals surface area (Å²) in [4.78, 5) is -0.00349. The minimum Gasteiger partial charge on any atom is -0.323 e. The monoisotopic (exact) mass is 429 g/mol. The second kappa shape index (κ2) is 7.16. The molecule has 142 valence electrons. The largest absolute Gasteiger partial charge is 0.416 e. The molecule has 1 aromatic carbocycles. The third-order valence-corrected chi connectivity index (χ3v) is 5.47. The number of alkyl halides is 3. The number of hydrogen-bond donors (Lipinski definition) is 4. The molecule has 0 saturated heterocycles. The highest BCUT2D eigenvalue weighted by Crippen LogP contribution is 2.43. The van der Waals surface area contributed by atoms with Crippen molar-refractivity contribution in [1.82, 2.24) is 10.1 Å². The van der Waals surface area contributed by atoms with Crippen LogP contribution in [0, 0.1) is 5.41 Å². The van der Waals surface area contributed by atoms with Crippen LogP contribution in [0.4, 0.5) is 18.9 Å². The van der Waals surface area contributed by atoms with Crippen LogP contribution < -0.4 is 21.8 Å². The van der Waals surface area contributed by atoms with Gasteiger partial charge in [0.05, 0.1) is 22.6 Å². The normalized spacial score (nSPS) is 22.2. The Kier molecular flexibility index (Phi) is 5.69. The Labute approximate surface area is 158 Å². The quantitative estimate of drug-likeness (QED) is 0.254. The van der Waals surface area contributed by atoms with E-state index in [0.29, 0.717) is 12.1 Å². The van der Waals surface area contributed by atoms with Crippen LogP contribution in [0.25, 0.3) is 0 Å². The van der Waals surface area contributed by atoms with E-state index in [1.54, 1.807) is 6.92 Å². The van der Waals surface area contributed by atoms with Gasteiger partial charge in [0.15, 0.2) is 4.91 Å². The highest BCUT2D eigenvalue weighted by Gasteiger charge is 2.49. The van der Waals surface area contributed by atoms with Gasteiger partial charge in [-0.15, -0.1) is 5.84 Å². The summed E-state index contributed by atoms with van der Waals surface area (Å²) in [6.45, 7) is 1.62. The lowest BCUT2D eigenvalue weighted by Crippen LogP contribution is -2.65. The standard InChI is InChI=1S/C13H14Cl2F3N6OS/c1-2-26(25)11-9(5-22-20)23-24(21,12(11)19)10-7(14)3-6(4-8(10)15)13(16,17)18/h3-5,19,23H,2,20-21H2,1H3/q+1. The van der Waals surface area contributed by atoms with Crippen LogP contribution in [0.5, 0.6) is 0 Å². The van der Waals surface area contributed by atoms with Crippen LogP contribution in [0.2, 0.25) is 10.0 Å². The lowest BCUT2D eigenvalue weighted by atomic mass is 10.2. The fraction of sp³-hybridized carbons (Fsp3) is 0.231. The maximum Gasteiger partial charge on any atom is 0.416 e. The van der Waals surface area contributed by atoms with E-state index >= 15 is 0 Å². The lowest BCUT2D eigenvalue weighted by molar-refractivity contribution is -0.137. The first-order valence-electron chi connectivity index (χ1n) is 6.95. The molecule has 2 atom stereocenters. The van der Waals surface area contributed by atoms with Gasteiger partial charge in [0.25, 0.3) is 5.84 Å². The number of amidine groups is 1. The fourth-order valence-electron chi connectivity index (χ4n) is 2.36. The zero-order valence-electron chi connectivity index (χ0n) is 13.2. The van der Waals surface area contributed by atoms with E-state index in [0.717, 1.165) is 6.21 Å². The SMILES string of the molecule is CCS(=O)C1=C(C=NN)N[N+](N)(c2c(Cl)cc(C(F)(F)F)cc2Cl)C1=N. The van der Waals surface area contributed by atoms with Gasteiger partial charge in [0.2, 0.25) is 5.69 Å². The summed E-state index contributed by atoms with van der Waals surface area (Å²) in [7, 11) is -1.63. The Hall–Kier alpha value is -1.66. The van der Waals surface area contributed by atoms with Crippen molar-refractivity contribution in [3.8, 4) is 0 Å². The number of allylic oxidation sites excluding steroid dienone is 1. The van der Waals surface area contributed by atoms with E-state index in [2.05, 4.69) is 10.5 Å². The first-order chi connectivity index (χ1) is 12.0. The summed E-state index contributed by atoms with van der Waals surface area (Å²) >= 11 is 12.0. The van der Waals surface area contributed by atoms with Gasteiger partial charge in [-0.25, -0.2) is 10.8 Å². The minimum atomic E-state index is -4.67. The molecule has 0 fully saturated rings. The molecule has 1 aliphatic rings. The smallest absolute Gasteiger partial charge is 0.323 e. The summed E-state index contributed by atoms with van der Waals surface area (Å²) in [5, 5.41) is 10.8. The summed E-state index contributed by atoms with van der Waals surface area (Å²) in [5.41, 5.74) is 1.44. The zero-order valence-corrected chi connectivity index (χ0v) is 15.5. The second-order valence-electron chi connectivity index (χ2n) is 5.12. The number of rotatable bonds is 4. The van der Waals surface area contributed by atoms with E-state index in [1.165, 1.54) is 0 Å². The van der Waals surface area contributed by atoms with E-state index < -0.39 is 43.1 Å². The number of hydrogen-bond acceptors (Lipinski definition) is 6. The number of nitrogens with zero attached hydrogens (tertiary/aromatic N) is 2. The molecule has 0 spiro atoms. The molecule has 0 saturated carbocycles. The van der Waals surface area contributed by atoms with Crippen LogP contribution in [-0.2, 0) is 17.0 Å². The minimum absolute atomic E-state index is 0.00349. The first kappa shape index (κ1) is 20.6. The lowest BCUT2D eigenvalue weighted by Gasteiger charge is -2.28. The molecule has 1 aliphatic heterocycles. The number of benzene rings is 1. The van der Waals surface area contributed by atoms with Crippen molar-refractivity contribution in [3.05, 3.63) is 38.3 Å². The Morgan fingerprint density at radius 1 is 1.38 bits per heavy atom. The van der Waals surface area contributed by atoms with Crippen LogP contribution in [0.1, 0.15) is 12.5 Å². The van der Waals surface area contributed by atoms with Gasteiger partial charge in [0, 0.05) is 5.75 Å². The van der Waals surface area contributed by atoms with Crippen LogP contribution in [0.15, 0.2) is 27.8 Å². The average Bonchev–Trinajstić information content (AvgIpc) is 2.77. The molecule has 1 heterocycles. The molecule has 0 aromatic heterocycles. The molecule has 0 bridgehead atoms. The Balaban J connectivity index is 2.63. The molecular formula is C13H14Cl2F3N6OS+. The molecule has 2 rings (SSSR count). The van der Waals surface area contributed by atoms with Gasteiger partial charge in [-0.2, -0.15) is 18.3 Å².